The summed E-state index contributed by atoms with van der Waals surface area (Å²) in [5, 5.41) is 4.15. The van der Waals surface area contributed by atoms with Crippen LogP contribution in [-0.2, 0) is 18.4 Å². The van der Waals surface area contributed by atoms with Gasteiger partial charge in [-0.1, -0.05) is 19.3 Å². The number of amides is 2. The van der Waals surface area contributed by atoms with Gasteiger partial charge in [0.25, 0.3) is 5.91 Å². The quantitative estimate of drug-likeness (QED) is 0.356. The van der Waals surface area contributed by atoms with Gasteiger partial charge in [-0.25, -0.2) is 9.97 Å². The Bertz CT molecular complexity index is 1720. The van der Waals surface area contributed by atoms with E-state index in [1.807, 2.05) is 37.1 Å². The number of ether oxygens (including phenoxy) is 1. The minimum absolute atomic E-state index is 0.00747. The fraction of sp³-hybridized carbons (Fsp3) is 0.515. The van der Waals surface area contributed by atoms with Crippen molar-refractivity contribution in [2.45, 2.75) is 95.4 Å². The third kappa shape index (κ3) is 4.76. The normalized spacial score (nSPS) is 24.6. The van der Waals surface area contributed by atoms with Crippen molar-refractivity contribution in [3.8, 4) is 17.3 Å². The van der Waals surface area contributed by atoms with E-state index in [2.05, 4.69) is 26.6 Å². The van der Waals surface area contributed by atoms with Gasteiger partial charge in [-0.2, -0.15) is 0 Å². The largest absolute Gasteiger partial charge is 0.494 e. The number of imidazole rings is 1. The van der Waals surface area contributed by atoms with E-state index in [1.165, 1.54) is 0 Å². The Labute approximate surface area is 251 Å². The lowest BCUT2D eigenvalue weighted by Crippen LogP contribution is -2.40. The number of fused-ring (bicyclic) bond motifs is 4. The van der Waals surface area contributed by atoms with Crippen LogP contribution in [0.2, 0.25) is 0 Å². The highest BCUT2D eigenvalue weighted by Gasteiger charge is 2.47. The molecule has 10 nitrogen and oxygen atoms in total. The van der Waals surface area contributed by atoms with E-state index < -0.39 is 0 Å². The first-order valence-electron chi connectivity index (χ1n) is 15.8. The van der Waals surface area contributed by atoms with Crippen LogP contribution in [0.1, 0.15) is 86.8 Å². The van der Waals surface area contributed by atoms with Gasteiger partial charge in [0.1, 0.15) is 16.9 Å². The minimum atomic E-state index is -0.178. The molecule has 3 N–H and O–H groups in total. The van der Waals surface area contributed by atoms with Gasteiger partial charge in [-0.15, -0.1) is 0 Å². The number of aryl methyl sites for hydroxylation is 2. The molecule has 1 aromatic carbocycles. The topological polar surface area (TPSA) is 120 Å². The molecule has 3 aliphatic rings. The summed E-state index contributed by atoms with van der Waals surface area (Å²) in [7, 11) is 3.64. The zero-order valence-corrected chi connectivity index (χ0v) is 25.3. The SMILES string of the molecule is COc1cc(C(=O)N2[C@H]3CC[C@@H]2[C@H](N)C3)cc2nc(-c3cc4ccc5nc4n3CCCCCCCC(=O)N[C@@H]5C)n(C)c12. The van der Waals surface area contributed by atoms with Crippen LogP contribution in [0.4, 0.5) is 0 Å². The van der Waals surface area contributed by atoms with Gasteiger partial charge in [0.15, 0.2) is 5.82 Å². The second-order valence-electron chi connectivity index (χ2n) is 12.6. The number of carbonyl (C=O) groups excluding carboxylic acids is 2. The third-order valence-electron chi connectivity index (χ3n) is 9.82. The van der Waals surface area contributed by atoms with Crippen LogP contribution in [0.3, 0.4) is 0 Å². The monoisotopic (exact) mass is 583 g/mol. The molecule has 43 heavy (non-hydrogen) atoms. The molecule has 7 rings (SSSR count). The van der Waals surface area contributed by atoms with Crippen LogP contribution in [0, 0.1) is 0 Å². The lowest BCUT2D eigenvalue weighted by atomic mass is 9.97. The molecule has 4 aromatic rings. The van der Waals surface area contributed by atoms with Gasteiger partial charge in [-0.05, 0) is 69.4 Å². The second kappa shape index (κ2) is 11.0. The van der Waals surface area contributed by atoms with Gasteiger partial charge in [0.05, 0.1) is 30.1 Å². The Morgan fingerprint density at radius 2 is 1.88 bits per heavy atom. The highest BCUT2D eigenvalue weighted by molar-refractivity contribution is 6.00. The van der Waals surface area contributed by atoms with E-state index >= 15 is 0 Å². The molecular weight excluding hydrogens is 542 g/mol. The summed E-state index contributed by atoms with van der Waals surface area (Å²) in [6.45, 7) is 2.81. The van der Waals surface area contributed by atoms with Crippen molar-refractivity contribution < 1.29 is 14.3 Å². The molecule has 2 saturated heterocycles. The van der Waals surface area contributed by atoms with Gasteiger partial charge in [0.2, 0.25) is 5.91 Å². The zero-order chi connectivity index (χ0) is 29.8. The first-order valence-corrected chi connectivity index (χ1v) is 15.8. The Kier molecular flexibility index (Phi) is 7.12. The third-order valence-corrected chi connectivity index (χ3v) is 9.82. The second-order valence-corrected chi connectivity index (χ2v) is 12.6. The maximum atomic E-state index is 13.8. The Morgan fingerprint density at radius 3 is 2.65 bits per heavy atom. The van der Waals surface area contributed by atoms with Crippen LogP contribution in [-0.4, -0.2) is 61.1 Å². The molecule has 0 aliphatic carbocycles. The number of carbonyl (C=O) groups is 2. The smallest absolute Gasteiger partial charge is 0.254 e. The molecule has 3 aliphatic heterocycles. The average molecular weight is 584 g/mol. The molecule has 0 radical (unpaired) electrons. The van der Waals surface area contributed by atoms with Gasteiger partial charge < -0.3 is 29.8 Å². The molecule has 2 fully saturated rings. The molecule has 10 heteroatoms. The standard InChI is InChI=1S/C33H41N7O3/c1-19-24-12-10-20-16-27(39(31(20)36-24)14-8-6-4-5-7-9-29(41)35-19)32-37-25-15-21(17-28(43-3)30(25)38(32)2)33(42)40-22-11-13-26(40)23(34)18-22/h10,12,15-17,19,22-23,26H,4-9,11,13-14,18,34H2,1-3H3,(H,35,41)/t19-,22+,23-,26-/m1/s1. The van der Waals surface area contributed by atoms with E-state index in [0.29, 0.717) is 17.7 Å². The van der Waals surface area contributed by atoms with Crippen LogP contribution in [0.5, 0.6) is 5.75 Å². The molecular formula is C33H41N7O3. The van der Waals surface area contributed by atoms with Crippen molar-refractivity contribution >= 4 is 33.9 Å². The predicted molar refractivity (Wildman–Crippen MR) is 166 cm³/mol. The van der Waals surface area contributed by atoms with Crippen molar-refractivity contribution in [1.82, 2.24) is 29.3 Å². The number of aromatic nitrogens is 4. The van der Waals surface area contributed by atoms with Crippen molar-refractivity contribution in [2.75, 3.05) is 7.11 Å². The molecule has 4 atom stereocenters. The van der Waals surface area contributed by atoms with E-state index in [4.69, 9.17) is 20.4 Å². The van der Waals surface area contributed by atoms with Crippen molar-refractivity contribution in [3.05, 3.63) is 41.6 Å². The first-order chi connectivity index (χ1) is 20.8. The fourth-order valence-corrected chi connectivity index (χ4v) is 7.59. The highest BCUT2D eigenvalue weighted by atomic mass is 16.5. The summed E-state index contributed by atoms with van der Waals surface area (Å²) in [6.07, 6.45) is 8.56. The first kappa shape index (κ1) is 27.9. The Hall–Kier alpha value is -3.92. The molecule has 4 bridgehead atoms. The van der Waals surface area contributed by atoms with E-state index in [9.17, 15) is 9.59 Å². The fourth-order valence-electron chi connectivity index (χ4n) is 7.59. The maximum Gasteiger partial charge on any atom is 0.254 e. The van der Waals surface area contributed by atoms with Crippen molar-refractivity contribution in [1.29, 1.82) is 0 Å². The van der Waals surface area contributed by atoms with Crippen molar-refractivity contribution in [2.24, 2.45) is 12.8 Å². The van der Waals surface area contributed by atoms with E-state index in [-0.39, 0.29) is 36.0 Å². The number of methoxy groups -OCH3 is 1. The number of hydrogen-bond donors (Lipinski definition) is 2. The molecule has 2 amide bonds. The van der Waals surface area contributed by atoms with Crippen LogP contribution in [0.25, 0.3) is 33.6 Å². The molecule has 6 heterocycles. The summed E-state index contributed by atoms with van der Waals surface area (Å²) in [5.41, 5.74) is 11.2. The Morgan fingerprint density at radius 1 is 1.07 bits per heavy atom. The van der Waals surface area contributed by atoms with Crippen LogP contribution < -0.4 is 15.8 Å². The number of hydrogen-bond acceptors (Lipinski definition) is 6. The van der Waals surface area contributed by atoms with Crippen molar-refractivity contribution in [3.63, 3.8) is 0 Å². The summed E-state index contributed by atoms with van der Waals surface area (Å²) in [5.74, 6) is 1.51. The molecule has 3 aromatic heterocycles. The highest BCUT2D eigenvalue weighted by Crippen LogP contribution is 2.40. The molecule has 0 saturated carbocycles. The maximum absolute atomic E-state index is 13.8. The van der Waals surface area contributed by atoms with Gasteiger partial charge >= 0.3 is 0 Å². The number of nitrogens with zero attached hydrogens (tertiary/aromatic N) is 5. The predicted octanol–water partition coefficient (Wildman–Crippen LogP) is 4.83. The number of nitrogens with two attached hydrogens (primary N) is 1. The molecule has 0 unspecified atom stereocenters. The van der Waals surface area contributed by atoms with Gasteiger partial charge in [-0.3, -0.25) is 9.59 Å². The number of nitrogens with one attached hydrogen (secondary N) is 1. The minimum Gasteiger partial charge on any atom is -0.494 e. The number of pyridine rings is 1. The van der Waals surface area contributed by atoms with Crippen LogP contribution >= 0.6 is 0 Å². The van der Waals surface area contributed by atoms with Gasteiger partial charge in [0, 0.05) is 49.1 Å². The molecule has 226 valence electrons. The van der Waals surface area contributed by atoms with E-state index in [1.54, 1.807) is 7.11 Å². The summed E-state index contributed by atoms with van der Waals surface area (Å²) in [4.78, 5) is 38.4. The lowest BCUT2D eigenvalue weighted by Gasteiger charge is -2.23. The zero-order valence-electron chi connectivity index (χ0n) is 25.3. The summed E-state index contributed by atoms with van der Waals surface area (Å²) < 4.78 is 10.2. The van der Waals surface area contributed by atoms with Crippen LogP contribution in [0.15, 0.2) is 30.3 Å². The average Bonchev–Trinajstić information content (AvgIpc) is 3.74. The summed E-state index contributed by atoms with van der Waals surface area (Å²) in [6, 6.07) is 10.2. The lowest BCUT2D eigenvalue weighted by molar-refractivity contribution is -0.121. The van der Waals surface area contributed by atoms with E-state index in [0.717, 1.165) is 97.2 Å². The molecule has 0 spiro atoms. The number of benzene rings is 1. The number of rotatable bonds is 3. The Balaban J connectivity index is 1.32. The summed E-state index contributed by atoms with van der Waals surface area (Å²) >= 11 is 0.